The number of hydrogen-bond acceptors (Lipinski definition) is 4. The molecule has 0 saturated carbocycles. The van der Waals surface area contributed by atoms with E-state index in [1.807, 2.05) is 11.4 Å². The van der Waals surface area contributed by atoms with E-state index in [1.165, 1.54) is 5.56 Å². The van der Waals surface area contributed by atoms with E-state index < -0.39 is 0 Å². The maximum absolute atomic E-state index is 11.6. The maximum Gasteiger partial charge on any atom is 0.140 e. The van der Waals surface area contributed by atoms with E-state index in [2.05, 4.69) is 27.0 Å². The molecule has 0 fully saturated rings. The molecule has 1 aliphatic rings. The fourth-order valence-electron chi connectivity index (χ4n) is 2.24. The van der Waals surface area contributed by atoms with Crippen LogP contribution in [0.3, 0.4) is 0 Å². The molecule has 0 unspecified atom stereocenters. The minimum Gasteiger partial charge on any atom is -0.486 e. The van der Waals surface area contributed by atoms with Crippen LogP contribution in [0.5, 0.6) is 5.75 Å². The predicted octanol–water partition coefficient (Wildman–Crippen LogP) is 3.54. The summed E-state index contributed by atoms with van der Waals surface area (Å²) in [6.45, 7) is 0.453. The second-order valence-electron chi connectivity index (χ2n) is 4.47. The van der Waals surface area contributed by atoms with Gasteiger partial charge in [0.05, 0.1) is 0 Å². The Morgan fingerprint density at radius 3 is 3.05 bits per heavy atom. The van der Waals surface area contributed by atoms with E-state index in [0.717, 1.165) is 27.2 Å². The number of carbonyl (C=O) groups is 1. The van der Waals surface area contributed by atoms with E-state index >= 15 is 0 Å². The smallest absolute Gasteiger partial charge is 0.140 e. The molecular weight excluding hydrogens is 326 g/mol. The van der Waals surface area contributed by atoms with Crippen LogP contribution in [0.1, 0.15) is 22.6 Å². The van der Waals surface area contributed by atoms with Gasteiger partial charge >= 0.3 is 0 Å². The first-order valence-corrected chi connectivity index (χ1v) is 7.74. The van der Waals surface area contributed by atoms with Gasteiger partial charge in [-0.1, -0.05) is 15.9 Å². The van der Waals surface area contributed by atoms with Gasteiger partial charge in [0, 0.05) is 34.5 Å². The third-order valence-electron chi connectivity index (χ3n) is 3.15. The number of thiazole rings is 1. The zero-order valence-corrected chi connectivity index (χ0v) is 12.6. The fraction of sp³-hybridized carbons (Fsp3) is 0.286. The number of benzene rings is 1. The molecule has 0 amide bonds. The predicted molar refractivity (Wildman–Crippen MR) is 77.6 cm³/mol. The van der Waals surface area contributed by atoms with Crippen LogP contribution < -0.4 is 4.74 Å². The van der Waals surface area contributed by atoms with Gasteiger partial charge in [-0.2, -0.15) is 0 Å². The van der Waals surface area contributed by atoms with Gasteiger partial charge in [0.15, 0.2) is 0 Å². The fourth-order valence-corrected chi connectivity index (χ4v) is 3.25. The molecule has 1 heterocycles. The molecular formula is C14H12BrNO2S. The molecule has 3 nitrogen and oxygen atoms in total. The zero-order chi connectivity index (χ0) is 13.2. The third kappa shape index (κ3) is 2.87. The molecule has 3 rings (SSSR count). The Morgan fingerprint density at radius 1 is 1.37 bits per heavy atom. The molecule has 1 aliphatic carbocycles. The first-order chi connectivity index (χ1) is 9.22. The highest BCUT2D eigenvalue weighted by Gasteiger charge is 2.20. The van der Waals surface area contributed by atoms with E-state index in [-0.39, 0.29) is 5.78 Å². The molecule has 1 aromatic carbocycles. The molecule has 98 valence electrons. The largest absolute Gasteiger partial charge is 0.486 e. The van der Waals surface area contributed by atoms with Crippen LogP contribution in [0, 0.1) is 0 Å². The van der Waals surface area contributed by atoms with E-state index in [1.54, 1.807) is 17.5 Å². The Kier molecular flexibility index (Phi) is 3.66. The Hall–Kier alpha value is -1.20. The van der Waals surface area contributed by atoms with Crippen LogP contribution in [-0.2, 0) is 24.2 Å². The van der Waals surface area contributed by atoms with Crippen molar-refractivity contribution in [1.29, 1.82) is 0 Å². The van der Waals surface area contributed by atoms with Crippen molar-refractivity contribution >= 4 is 33.0 Å². The van der Waals surface area contributed by atoms with Crippen molar-refractivity contribution in [3.8, 4) is 5.75 Å². The van der Waals surface area contributed by atoms with Crippen LogP contribution >= 0.6 is 27.3 Å². The highest BCUT2D eigenvalue weighted by atomic mass is 79.9. The van der Waals surface area contributed by atoms with Gasteiger partial charge in [-0.05, 0) is 24.1 Å². The maximum atomic E-state index is 11.6. The topological polar surface area (TPSA) is 39.2 Å². The number of aryl methyl sites for hydroxylation is 1. The third-order valence-corrected chi connectivity index (χ3v) is 4.36. The summed E-state index contributed by atoms with van der Waals surface area (Å²) >= 11 is 5.07. The summed E-state index contributed by atoms with van der Waals surface area (Å²) in [7, 11) is 0. The lowest BCUT2D eigenvalue weighted by molar-refractivity contribution is -0.118. The molecule has 5 heteroatoms. The number of Topliss-reactive ketones (excluding diaryl/α,β-unsaturated/α-hetero) is 1. The second-order valence-corrected chi connectivity index (χ2v) is 6.37. The van der Waals surface area contributed by atoms with Crippen LogP contribution in [0.2, 0.25) is 0 Å². The monoisotopic (exact) mass is 337 g/mol. The van der Waals surface area contributed by atoms with Crippen molar-refractivity contribution in [3.63, 3.8) is 0 Å². The highest BCUT2D eigenvalue weighted by molar-refractivity contribution is 9.10. The van der Waals surface area contributed by atoms with Crippen LogP contribution in [0.4, 0.5) is 0 Å². The van der Waals surface area contributed by atoms with Crippen molar-refractivity contribution in [2.45, 2.75) is 25.9 Å². The van der Waals surface area contributed by atoms with Gasteiger partial charge in [-0.15, -0.1) is 11.3 Å². The molecule has 0 spiro atoms. The quantitative estimate of drug-likeness (QED) is 0.859. The number of halogens is 1. The average molecular weight is 338 g/mol. The van der Waals surface area contributed by atoms with Gasteiger partial charge in [-0.3, -0.25) is 4.79 Å². The number of aromatic nitrogens is 1. The number of ketones is 1. The lowest BCUT2D eigenvalue weighted by atomic mass is 9.90. The second kappa shape index (κ2) is 5.43. The SMILES string of the molecule is O=C1CCc2cc(Br)cc(OCc3nccs3)c2C1. The lowest BCUT2D eigenvalue weighted by Gasteiger charge is -2.19. The molecule has 19 heavy (non-hydrogen) atoms. The van der Waals surface area contributed by atoms with E-state index in [0.29, 0.717) is 19.4 Å². The van der Waals surface area contributed by atoms with Crippen molar-refractivity contribution in [1.82, 2.24) is 4.98 Å². The lowest BCUT2D eigenvalue weighted by Crippen LogP contribution is -2.14. The van der Waals surface area contributed by atoms with Gasteiger partial charge in [0.1, 0.15) is 23.1 Å². The average Bonchev–Trinajstić information content (AvgIpc) is 2.89. The summed E-state index contributed by atoms with van der Waals surface area (Å²) < 4.78 is 6.84. The van der Waals surface area contributed by atoms with Gasteiger partial charge in [0.25, 0.3) is 0 Å². The van der Waals surface area contributed by atoms with Crippen molar-refractivity contribution in [2.75, 3.05) is 0 Å². The Balaban J connectivity index is 1.87. The Bertz CT molecular complexity index is 610. The van der Waals surface area contributed by atoms with Crippen LogP contribution in [0.25, 0.3) is 0 Å². The van der Waals surface area contributed by atoms with E-state index in [9.17, 15) is 4.79 Å². The molecule has 0 bridgehead atoms. The highest BCUT2D eigenvalue weighted by Crippen LogP contribution is 2.32. The summed E-state index contributed by atoms with van der Waals surface area (Å²) in [5, 5.41) is 2.87. The first-order valence-electron chi connectivity index (χ1n) is 6.06. The number of hydrogen-bond donors (Lipinski definition) is 0. The number of rotatable bonds is 3. The standard InChI is InChI=1S/C14H12BrNO2S/c15-10-5-9-1-2-11(17)7-12(9)13(6-10)18-8-14-16-3-4-19-14/h3-6H,1-2,7-8H2. The Morgan fingerprint density at radius 2 is 2.26 bits per heavy atom. The molecule has 0 radical (unpaired) electrons. The molecule has 0 atom stereocenters. The summed E-state index contributed by atoms with van der Waals surface area (Å²) in [4.78, 5) is 15.8. The number of ether oxygens (including phenoxy) is 1. The molecule has 2 aromatic rings. The molecule has 1 aromatic heterocycles. The summed E-state index contributed by atoms with van der Waals surface area (Å²) in [6.07, 6.45) is 3.69. The Labute approximate surface area is 123 Å². The van der Waals surface area contributed by atoms with Gasteiger partial charge < -0.3 is 4.74 Å². The van der Waals surface area contributed by atoms with Gasteiger partial charge in [0.2, 0.25) is 0 Å². The summed E-state index contributed by atoms with van der Waals surface area (Å²) in [5.74, 6) is 1.08. The zero-order valence-electron chi connectivity index (χ0n) is 10.2. The molecule has 0 saturated heterocycles. The minimum atomic E-state index is 0.286. The minimum absolute atomic E-state index is 0.286. The van der Waals surface area contributed by atoms with Crippen LogP contribution in [0.15, 0.2) is 28.2 Å². The summed E-state index contributed by atoms with van der Waals surface area (Å²) in [5.41, 5.74) is 2.25. The van der Waals surface area contributed by atoms with Crippen LogP contribution in [-0.4, -0.2) is 10.8 Å². The first kappa shape index (κ1) is 12.8. The molecule has 0 aliphatic heterocycles. The van der Waals surface area contributed by atoms with Crippen molar-refractivity contribution < 1.29 is 9.53 Å². The van der Waals surface area contributed by atoms with E-state index in [4.69, 9.17) is 4.74 Å². The summed E-state index contributed by atoms with van der Waals surface area (Å²) in [6, 6.07) is 4.02. The van der Waals surface area contributed by atoms with Crippen molar-refractivity contribution in [2.24, 2.45) is 0 Å². The number of fused-ring (bicyclic) bond motifs is 1. The number of carbonyl (C=O) groups excluding carboxylic acids is 1. The normalized spacial score (nSPS) is 14.3. The van der Waals surface area contributed by atoms with Gasteiger partial charge in [-0.25, -0.2) is 4.98 Å². The van der Waals surface area contributed by atoms with Crippen molar-refractivity contribution in [3.05, 3.63) is 44.3 Å². The molecule has 0 N–H and O–H groups in total. The number of nitrogens with zero attached hydrogens (tertiary/aromatic N) is 1.